The summed E-state index contributed by atoms with van der Waals surface area (Å²) in [7, 11) is -3.36. The highest BCUT2D eigenvalue weighted by atomic mass is 35.5. The lowest BCUT2D eigenvalue weighted by Crippen LogP contribution is -2.23. The molecule has 0 radical (unpaired) electrons. The van der Waals surface area contributed by atoms with Crippen LogP contribution in [0.5, 0.6) is 0 Å². The third-order valence-electron chi connectivity index (χ3n) is 3.14. The number of hydrogen-bond donors (Lipinski definition) is 1. The summed E-state index contributed by atoms with van der Waals surface area (Å²) < 4.78 is 27.2. The Kier molecular flexibility index (Phi) is 8.77. The summed E-state index contributed by atoms with van der Waals surface area (Å²) in [5, 5.41) is 0. The standard InChI is InChI=1S/C14H24ClNO2S2/c1-2-3-4-5-6-7-8-9-12-16-20(17,18)14-11-10-13(15)19-14/h10-11,16H,2-9,12H2,1H3. The van der Waals surface area contributed by atoms with Gasteiger partial charge in [0.25, 0.3) is 0 Å². The van der Waals surface area contributed by atoms with Crippen LogP contribution in [-0.2, 0) is 10.0 Å². The fourth-order valence-corrected chi connectivity index (χ4v) is 4.58. The molecule has 0 atom stereocenters. The molecule has 1 N–H and O–H groups in total. The Balaban J connectivity index is 2.09. The average molecular weight is 338 g/mol. The van der Waals surface area contributed by atoms with Crippen LogP contribution in [0.4, 0.5) is 0 Å². The summed E-state index contributed by atoms with van der Waals surface area (Å²) in [6.45, 7) is 2.72. The number of rotatable bonds is 11. The van der Waals surface area contributed by atoms with Crippen LogP contribution >= 0.6 is 22.9 Å². The first kappa shape index (κ1) is 18.0. The molecule has 1 heterocycles. The van der Waals surface area contributed by atoms with Crippen LogP contribution in [0.15, 0.2) is 16.3 Å². The minimum absolute atomic E-state index is 0.294. The fraction of sp³-hybridized carbons (Fsp3) is 0.714. The van der Waals surface area contributed by atoms with Crippen LogP contribution in [-0.4, -0.2) is 15.0 Å². The molecule has 0 fully saturated rings. The molecule has 0 bridgehead atoms. The highest BCUT2D eigenvalue weighted by Crippen LogP contribution is 2.25. The van der Waals surface area contributed by atoms with E-state index in [1.807, 2.05) is 0 Å². The van der Waals surface area contributed by atoms with Crippen LogP contribution in [0.3, 0.4) is 0 Å². The molecule has 0 spiro atoms. The van der Waals surface area contributed by atoms with Crippen molar-refractivity contribution in [1.82, 2.24) is 4.72 Å². The maximum absolute atomic E-state index is 11.9. The van der Waals surface area contributed by atoms with Crippen LogP contribution in [0.1, 0.15) is 58.3 Å². The lowest BCUT2D eigenvalue weighted by Gasteiger charge is -2.04. The Morgan fingerprint density at radius 1 is 1.05 bits per heavy atom. The first-order chi connectivity index (χ1) is 9.56. The van der Waals surface area contributed by atoms with Gasteiger partial charge in [-0.3, -0.25) is 0 Å². The summed E-state index contributed by atoms with van der Waals surface area (Å²) in [6.07, 6.45) is 9.64. The zero-order valence-electron chi connectivity index (χ0n) is 12.0. The first-order valence-electron chi connectivity index (χ1n) is 7.31. The Morgan fingerprint density at radius 2 is 1.65 bits per heavy atom. The van der Waals surface area contributed by atoms with E-state index in [-0.39, 0.29) is 0 Å². The van der Waals surface area contributed by atoms with E-state index in [1.54, 1.807) is 12.1 Å². The van der Waals surface area contributed by atoms with Crippen molar-refractivity contribution in [1.29, 1.82) is 0 Å². The van der Waals surface area contributed by atoms with E-state index in [0.29, 0.717) is 15.1 Å². The average Bonchev–Trinajstić information content (AvgIpc) is 2.84. The summed E-state index contributed by atoms with van der Waals surface area (Å²) in [4.78, 5) is 0. The number of unbranched alkanes of at least 4 members (excludes halogenated alkanes) is 7. The van der Waals surface area contributed by atoms with Crippen molar-refractivity contribution >= 4 is 33.0 Å². The molecule has 20 heavy (non-hydrogen) atoms. The number of halogens is 1. The molecule has 0 saturated carbocycles. The van der Waals surface area contributed by atoms with Crippen molar-refractivity contribution in [3.05, 3.63) is 16.5 Å². The van der Waals surface area contributed by atoms with Crippen LogP contribution in [0.25, 0.3) is 0 Å². The van der Waals surface area contributed by atoms with E-state index in [4.69, 9.17) is 11.6 Å². The number of hydrogen-bond acceptors (Lipinski definition) is 3. The van der Waals surface area contributed by atoms with E-state index in [9.17, 15) is 8.42 Å². The maximum atomic E-state index is 11.9. The van der Waals surface area contributed by atoms with E-state index in [2.05, 4.69) is 11.6 Å². The summed E-state index contributed by atoms with van der Waals surface area (Å²) in [6, 6.07) is 3.15. The molecular formula is C14H24ClNO2S2. The van der Waals surface area contributed by atoms with Gasteiger partial charge in [0.2, 0.25) is 10.0 Å². The van der Waals surface area contributed by atoms with E-state index < -0.39 is 10.0 Å². The quantitative estimate of drug-likeness (QED) is 0.588. The van der Waals surface area contributed by atoms with Crippen molar-refractivity contribution in [2.75, 3.05) is 6.54 Å². The topological polar surface area (TPSA) is 46.2 Å². The van der Waals surface area contributed by atoms with Gasteiger partial charge < -0.3 is 0 Å². The Labute approximate surface area is 131 Å². The largest absolute Gasteiger partial charge is 0.250 e. The second-order valence-corrected chi connectivity index (χ2v) is 8.64. The second-order valence-electron chi connectivity index (χ2n) is 4.93. The van der Waals surface area contributed by atoms with Gasteiger partial charge in [-0.1, -0.05) is 63.5 Å². The van der Waals surface area contributed by atoms with Gasteiger partial charge in [-0.2, -0.15) is 0 Å². The minimum atomic E-state index is -3.36. The molecule has 1 rings (SSSR count). The van der Waals surface area contributed by atoms with E-state index >= 15 is 0 Å². The highest BCUT2D eigenvalue weighted by Gasteiger charge is 2.15. The zero-order valence-corrected chi connectivity index (χ0v) is 14.4. The zero-order chi connectivity index (χ0) is 14.8. The molecule has 0 aliphatic rings. The molecule has 1 aromatic rings. The Morgan fingerprint density at radius 3 is 2.20 bits per heavy atom. The molecule has 1 aromatic heterocycles. The normalized spacial score (nSPS) is 11.9. The lowest BCUT2D eigenvalue weighted by molar-refractivity contribution is 0.560. The monoisotopic (exact) mass is 337 g/mol. The summed E-state index contributed by atoms with van der Waals surface area (Å²) in [5.74, 6) is 0. The number of nitrogens with one attached hydrogen (secondary N) is 1. The third-order valence-corrected chi connectivity index (χ3v) is 6.32. The van der Waals surface area contributed by atoms with Gasteiger partial charge in [0, 0.05) is 6.54 Å². The smallest absolute Gasteiger partial charge is 0.210 e. The molecular weight excluding hydrogens is 314 g/mol. The molecule has 3 nitrogen and oxygen atoms in total. The molecule has 116 valence electrons. The fourth-order valence-electron chi connectivity index (χ4n) is 1.98. The summed E-state index contributed by atoms with van der Waals surface area (Å²) >= 11 is 6.84. The molecule has 0 aliphatic carbocycles. The molecule has 0 unspecified atom stereocenters. The van der Waals surface area contributed by atoms with E-state index in [0.717, 1.165) is 24.2 Å². The molecule has 0 aliphatic heterocycles. The van der Waals surface area contributed by atoms with Crippen molar-refractivity contribution < 1.29 is 8.42 Å². The van der Waals surface area contributed by atoms with Gasteiger partial charge in [0.1, 0.15) is 4.21 Å². The van der Waals surface area contributed by atoms with Crippen molar-refractivity contribution in [2.45, 2.75) is 62.5 Å². The predicted octanol–water partition coefficient (Wildman–Crippen LogP) is 4.82. The molecule has 6 heteroatoms. The van der Waals surface area contributed by atoms with Gasteiger partial charge in [0.15, 0.2) is 0 Å². The Hall–Kier alpha value is -0.100. The van der Waals surface area contributed by atoms with Crippen LogP contribution in [0.2, 0.25) is 4.34 Å². The van der Waals surface area contributed by atoms with Gasteiger partial charge in [-0.15, -0.1) is 11.3 Å². The Bertz CT molecular complexity index is 471. The van der Waals surface area contributed by atoms with Crippen molar-refractivity contribution in [2.24, 2.45) is 0 Å². The summed E-state index contributed by atoms with van der Waals surface area (Å²) in [5.41, 5.74) is 0. The minimum Gasteiger partial charge on any atom is -0.210 e. The van der Waals surface area contributed by atoms with Gasteiger partial charge in [-0.05, 0) is 18.6 Å². The van der Waals surface area contributed by atoms with Crippen molar-refractivity contribution in [3.8, 4) is 0 Å². The highest BCUT2D eigenvalue weighted by molar-refractivity contribution is 7.91. The predicted molar refractivity (Wildman–Crippen MR) is 87.1 cm³/mol. The first-order valence-corrected chi connectivity index (χ1v) is 9.99. The second kappa shape index (κ2) is 9.77. The molecule has 0 amide bonds. The number of thiophene rings is 1. The van der Waals surface area contributed by atoms with Gasteiger partial charge >= 0.3 is 0 Å². The van der Waals surface area contributed by atoms with Crippen molar-refractivity contribution in [3.63, 3.8) is 0 Å². The SMILES string of the molecule is CCCCCCCCCCNS(=O)(=O)c1ccc(Cl)s1. The molecule has 0 saturated heterocycles. The molecule has 0 aromatic carbocycles. The van der Waals surface area contributed by atoms with Crippen LogP contribution < -0.4 is 4.72 Å². The lowest BCUT2D eigenvalue weighted by atomic mass is 10.1. The van der Waals surface area contributed by atoms with Gasteiger partial charge in [-0.25, -0.2) is 13.1 Å². The third kappa shape index (κ3) is 7.07. The van der Waals surface area contributed by atoms with Gasteiger partial charge in [0.05, 0.1) is 4.34 Å². The van der Waals surface area contributed by atoms with E-state index in [1.165, 1.54) is 38.5 Å². The maximum Gasteiger partial charge on any atom is 0.250 e. The number of sulfonamides is 1. The van der Waals surface area contributed by atoms with Crippen LogP contribution in [0, 0.1) is 0 Å².